The van der Waals surface area contributed by atoms with Crippen molar-refractivity contribution in [2.75, 3.05) is 12.3 Å². The number of hydrogen-bond acceptors (Lipinski definition) is 8. The standard InChI is InChI=1S/C13H19N5O3S/c1-6(2)22-12-10-11(16-13(14)17-12)18(5-15-10)9-3-7(20)8(4-19)21-9/h5-9,19-20H,3-4H2,1-2H3,(H2,14,16,17)/t7-,8+,9+/m0/s1. The van der Waals surface area contributed by atoms with Crippen LogP contribution >= 0.6 is 11.8 Å². The molecule has 1 saturated heterocycles. The second-order valence-electron chi connectivity index (χ2n) is 5.49. The van der Waals surface area contributed by atoms with Gasteiger partial charge in [0.15, 0.2) is 5.65 Å². The summed E-state index contributed by atoms with van der Waals surface area (Å²) < 4.78 is 7.38. The van der Waals surface area contributed by atoms with Crippen LogP contribution in [0.1, 0.15) is 26.5 Å². The minimum absolute atomic E-state index is 0.176. The van der Waals surface area contributed by atoms with Gasteiger partial charge in [-0.1, -0.05) is 13.8 Å². The maximum Gasteiger partial charge on any atom is 0.223 e. The lowest BCUT2D eigenvalue weighted by molar-refractivity contribution is -0.0432. The number of aliphatic hydroxyl groups excluding tert-OH is 2. The van der Waals surface area contributed by atoms with Crippen LogP contribution in [0.15, 0.2) is 11.4 Å². The largest absolute Gasteiger partial charge is 0.394 e. The average Bonchev–Trinajstić information content (AvgIpc) is 3.01. The highest BCUT2D eigenvalue weighted by atomic mass is 32.2. The van der Waals surface area contributed by atoms with E-state index < -0.39 is 18.4 Å². The number of anilines is 1. The van der Waals surface area contributed by atoms with Gasteiger partial charge in [-0.15, -0.1) is 11.8 Å². The van der Waals surface area contributed by atoms with Crippen LogP contribution in [0.2, 0.25) is 0 Å². The quantitative estimate of drug-likeness (QED) is 0.551. The molecule has 1 aliphatic rings. The van der Waals surface area contributed by atoms with E-state index in [9.17, 15) is 10.2 Å². The van der Waals surface area contributed by atoms with Gasteiger partial charge in [0, 0.05) is 11.7 Å². The highest BCUT2D eigenvalue weighted by Crippen LogP contribution is 2.33. The molecule has 22 heavy (non-hydrogen) atoms. The van der Waals surface area contributed by atoms with E-state index in [4.69, 9.17) is 10.5 Å². The van der Waals surface area contributed by atoms with Crippen molar-refractivity contribution in [3.63, 3.8) is 0 Å². The van der Waals surface area contributed by atoms with Crippen LogP contribution in [0.25, 0.3) is 11.2 Å². The van der Waals surface area contributed by atoms with Crippen LogP contribution in [-0.4, -0.2) is 53.8 Å². The third kappa shape index (κ3) is 2.76. The van der Waals surface area contributed by atoms with E-state index in [1.807, 2.05) is 0 Å². The summed E-state index contributed by atoms with van der Waals surface area (Å²) in [7, 11) is 0. The predicted octanol–water partition coefficient (Wildman–Crippen LogP) is 0.550. The summed E-state index contributed by atoms with van der Waals surface area (Å²) in [5.41, 5.74) is 7.04. The Morgan fingerprint density at radius 3 is 2.91 bits per heavy atom. The molecule has 120 valence electrons. The maximum absolute atomic E-state index is 9.88. The molecule has 0 aliphatic carbocycles. The molecule has 1 aliphatic heterocycles. The van der Waals surface area contributed by atoms with Gasteiger partial charge in [-0.2, -0.15) is 4.98 Å². The van der Waals surface area contributed by atoms with Gasteiger partial charge >= 0.3 is 0 Å². The molecule has 3 atom stereocenters. The van der Waals surface area contributed by atoms with Gasteiger partial charge in [-0.25, -0.2) is 9.97 Å². The summed E-state index contributed by atoms with van der Waals surface area (Å²) in [6.07, 6.45) is 0.249. The molecule has 0 saturated carbocycles. The maximum atomic E-state index is 9.88. The Morgan fingerprint density at radius 2 is 2.27 bits per heavy atom. The van der Waals surface area contributed by atoms with E-state index in [0.29, 0.717) is 22.8 Å². The van der Waals surface area contributed by atoms with Gasteiger partial charge < -0.3 is 20.7 Å². The number of aromatic nitrogens is 4. The fourth-order valence-electron chi connectivity index (χ4n) is 2.47. The van der Waals surface area contributed by atoms with Crippen LogP contribution in [0.4, 0.5) is 5.95 Å². The molecule has 1 fully saturated rings. The average molecular weight is 325 g/mol. The summed E-state index contributed by atoms with van der Waals surface area (Å²) in [5.74, 6) is 0.176. The van der Waals surface area contributed by atoms with E-state index in [2.05, 4.69) is 28.8 Å². The number of nitrogen functional groups attached to an aromatic ring is 1. The molecule has 3 rings (SSSR count). The fourth-order valence-corrected chi connectivity index (χ4v) is 3.32. The highest BCUT2D eigenvalue weighted by Gasteiger charge is 2.35. The van der Waals surface area contributed by atoms with E-state index >= 15 is 0 Å². The van der Waals surface area contributed by atoms with Crippen LogP contribution in [0.3, 0.4) is 0 Å². The molecule has 2 aromatic heterocycles. The Labute approximate surface area is 131 Å². The molecule has 0 unspecified atom stereocenters. The number of fused-ring (bicyclic) bond motifs is 1. The molecule has 0 amide bonds. The van der Waals surface area contributed by atoms with E-state index in [-0.39, 0.29) is 12.6 Å². The monoisotopic (exact) mass is 325 g/mol. The van der Waals surface area contributed by atoms with Crippen molar-refractivity contribution < 1.29 is 14.9 Å². The first-order valence-electron chi connectivity index (χ1n) is 7.10. The molecule has 9 heteroatoms. The van der Waals surface area contributed by atoms with E-state index in [0.717, 1.165) is 5.03 Å². The molecule has 3 heterocycles. The Morgan fingerprint density at radius 1 is 1.50 bits per heavy atom. The van der Waals surface area contributed by atoms with Crippen molar-refractivity contribution in [2.24, 2.45) is 0 Å². The van der Waals surface area contributed by atoms with Gasteiger partial charge in [-0.3, -0.25) is 4.57 Å². The topological polar surface area (TPSA) is 119 Å². The zero-order chi connectivity index (χ0) is 15.9. The van der Waals surface area contributed by atoms with Gasteiger partial charge in [0.1, 0.15) is 22.9 Å². The van der Waals surface area contributed by atoms with Crippen LogP contribution in [0, 0.1) is 0 Å². The molecule has 4 N–H and O–H groups in total. The SMILES string of the molecule is CC(C)Sc1nc(N)nc2c1ncn2[C@H]1C[C@H](O)[C@@H](CO)O1. The summed E-state index contributed by atoms with van der Waals surface area (Å²) >= 11 is 1.57. The van der Waals surface area contributed by atoms with Crippen molar-refractivity contribution in [2.45, 2.75) is 49.0 Å². The highest BCUT2D eigenvalue weighted by molar-refractivity contribution is 8.00. The number of thioether (sulfide) groups is 1. The molecule has 0 spiro atoms. The fraction of sp³-hybridized carbons (Fsp3) is 0.615. The molecule has 2 aromatic rings. The van der Waals surface area contributed by atoms with Crippen molar-refractivity contribution in [3.8, 4) is 0 Å². The summed E-state index contributed by atoms with van der Waals surface area (Å²) in [4.78, 5) is 12.9. The van der Waals surface area contributed by atoms with Crippen molar-refractivity contribution >= 4 is 28.9 Å². The first kappa shape index (κ1) is 15.5. The first-order chi connectivity index (χ1) is 10.5. The number of ether oxygens (including phenoxy) is 1. The molecule has 8 nitrogen and oxygen atoms in total. The molecule has 0 bridgehead atoms. The third-order valence-corrected chi connectivity index (χ3v) is 4.43. The van der Waals surface area contributed by atoms with Crippen molar-refractivity contribution in [1.29, 1.82) is 0 Å². The Kier molecular flexibility index (Phi) is 4.22. The molecule has 0 aromatic carbocycles. The smallest absolute Gasteiger partial charge is 0.223 e. The van der Waals surface area contributed by atoms with Crippen molar-refractivity contribution in [1.82, 2.24) is 19.5 Å². The Bertz CT molecular complexity index is 677. The van der Waals surface area contributed by atoms with E-state index in [1.54, 1.807) is 22.7 Å². The number of nitrogens with two attached hydrogens (primary N) is 1. The number of hydrogen-bond donors (Lipinski definition) is 3. The second-order valence-corrected chi connectivity index (χ2v) is 7.06. The minimum Gasteiger partial charge on any atom is -0.394 e. The number of imidazole rings is 1. The van der Waals surface area contributed by atoms with Gasteiger partial charge in [0.25, 0.3) is 0 Å². The minimum atomic E-state index is -0.712. The van der Waals surface area contributed by atoms with Crippen molar-refractivity contribution in [3.05, 3.63) is 6.33 Å². The molecular weight excluding hydrogens is 306 g/mol. The first-order valence-corrected chi connectivity index (χ1v) is 7.98. The number of rotatable bonds is 4. The van der Waals surface area contributed by atoms with Gasteiger partial charge in [0.2, 0.25) is 5.95 Å². The van der Waals surface area contributed by atoms with Crippen LogP contribution < -0.4 is 5.73 Å². The van der Waals surface area contributed by atoms with Gasteiger partial charge in [0.05, 0.1) is 19.0 Å². The normalized spacial score (nSPS) is 25.4. The number of aliphatic hydroxyl groups is 2. The van der Waals surface area contributed by atoms with Crippen LogP contribution in [-0.2, 0) is 4.74 Å². The third-order valence-electron chi connectivity index (χ3n) is 3.45. The molecular formula is C13H19N5O3S. The molecule has 0 radical (unpaired) electrons. The van der Waals surface area contributed by atoms with Crippen LogP contribution in [0.5, 0.6) is 0 Å². The zero-order valence-corrected chi connectivity index (χ0v) is 13.2. The summed E-state index contributed by atoms with van der Waals surface area (Å²) in [6, 6.07) is 0. The zero-order valence-electron chi connectivity index (χ0n) is 12.4. The summed E-state index contributed by atoms with van der Waals surface area (Å²) in [5, 5.41) is 20.1. The lowest BCUT2D eigenvalue weighted by Gasteiger charge is -2.14. The lowest BCUT2D eigenvalue weighted by Crippen LogP contribution is -2.24. The van der Waals surface area contributed by atoms with Gasteiger partial charge in [-0.05, 0) is 0 Å². The lowest BCUT2D eigenvalue weighted by atomic mass is 10.2. The predicted molar refractivity (Wildman–Crippen MR) is 82.3 cm³/mol. The Balaban J connectivity index is 2.00. The number of nitrogens with zero attached hydrogens (tertiary/aromatic N) is 4. The second kappa shape index (κ2) is 5.99. The Hall–Kier alpha value is -1.42. The summed E-state index contributed by atoms with van der Waals surface area (Å²) in [6.45, 7) is 3.90. The van der Waals surface area contributed by atoms with E-state index in [1.165, 1.54) is 0 Å².